The number of fused-ring (bicyclic) bond motifs is 5. The van der Waals surface area contributed by atoms with Crippen LogP contribution in [0.4, 0.5) is 0 Å². The second-order valence-electron chi connectivity index (χ2n) is 10.0. The lowest BCUT2D eigenvalue weighted by molar-refractivity contribution is -0.226. The zero-order valence-electron chi connectivity index (χ0n) is 15.6. The average molecular weight is 411 g/mol. The van der Waals surface area contributed by atoms with Gasteiger partial charge in [0, 0.05) is 18.8 Å². The van der Waals surface area contributed by atoms with Gasteiger partial charge in [-0.25, -0.2) is 0 Å². The number of hydrogen-bond donors (Lipinski definition) is 0. The summed E-state index contributed by atoms with van der Waals surface area (Å²) in [6.45, 7) is 6.27. The molecular formula is C21H31BrO3. The Hall–Kier alpha value is 0.0700. The molecule has 0 bridgehead atoms. The third kappa shape index (κ3) is 2.20. The molecule has 0 aromatic rings. The summed E-state index contributed by atoms with van der Waals surface area (Å²) in [5.74, 6) is 2.33. The Morgan fingerprint density at radius 1 is 1.00 bits per heavy atom. The van der Waals surface area contributed by atoms with Crippen molar-refractivity contribution in [2.75, 3.05) is 13.2 Å². The van der Waals surface area contributed by atoms with Gasteiger partial charge in [-0.1, -0.05) is 36.2 Å². The summed E-state index contributed by atoms with van der Waals surface area (Å²) in [6.07, 6.45) is 9.35. The zero-order valence-corrected chi connectivity index (χ0v) is 17.1. The van der Waals surface area contributed by atoms with Gasteiger partial charge in [0.25, 0.3) is 0 Å². The fourth-order valence-electron chi connectivity index (χ4n) is 7.71. The minimum absolute atomic E-state index is 0.0548. The van der Waals surface area contributed by atoms with E-state index < -0.39 is 0 Å². The predicted molar refractivity (Wildman–Crippen MR) is 99.5 cm³/mol. The highest BCUT2D eigenvalue weighted by atomic mass is 79.9. The molecule has 7 atom stereocenters. The van der Waals surface area contributed by atoms with Crippen LogP contribution in [0, 0.1) is 34.5 Å². The number of hydrogen-bond acceptors (Lipinski definition) is 3. The maximum atomic E-state index is 13.6. The fraction of sp³-hybridized carbons (Fsp3) is 0.952. The molecule has 5 rings (SSSR count). The molecular weight excluding hydrogens is 380 g/mol. The minimum atomic E-state index is -0.329. The standard InChI is InChI=1S/C21H31BrO3/c1-19-8-9-21(24-10-11-25-21)12-13(19)5-6-14-15-4-3-7-20(15,2)18(22)17(23)16(14)19/h13-16,18H,3-12H2,1-2H3/t13-,14-,15-,16+,18-,19-,20-/m0/s1. The summed E-state index contributed by atoms with van der Waals surface area (Å²) in [7, 11) is 0. The number of alkyl halides is 1. The number of Topliss-reactive ketones (excluding diaryl/α,β-unsaturated/α-hetero) is 1. The molecule has 4 saturated carbocycles. The highest BCUT2D eigenvalue weighted by Gasteiger charge is 2.65. The van der Waals surface area contributed by atoms with E-state index in [1.54, 1.807) is 0 Å². The molecule has 1 spiro atoms. The molecule has 4 aliphatic carbocycles. The zero-order chi connectivity index (χ0) is 17.4. The summed E-state index contributed by atoms with van der Waals surface area (Å²) in [5, 5.41) is 0. The second kappa shape index (κ2) is 5.54. The molecule has 5 aliphatic rings. The van der Waals surface area contributed by atoms with E-state index in [-0.39, 0.29) is 27.4 Å². The quantitative estimate of drug-likeness (QED) is 0.542. The number of ketones is 1. The molecule has 5 fully saturated rings. The topological polar surface area (TPSA) is 35.5 Å². The van der Waals surface area contributed by atoms with Crippen LogP contribution in [0.2, 0.25) is 0 Å². The first-order valence-corrected chi connectivity index (χ1v) is 11.3. The Balaban J connectivity index is 1.49. The van der Waals surface area contributed by atoms with Gasteiger partial charge in [0.15, 0.2) is 11.6 Å². The fourth-order valence-corrected chi connectivity index (χ4v) is 8.57. The molecule has 1 heterocycles. The van der Waals surface area contributed by atoms with Crippen LogP contribution in [0.25, 0.3) is 0 Å². The molecule has 0 unspecified atom stereocenters. The lowest BCUT2D eigenvalue weighted by Crippen LogP contribution is -2.61. The largest absolute Gasteiger partial charge is 0.348 e. The van der Waals surface area contributed by atoms with E-state index in [1.807, 2.05) is 0 Å². The van der Waals surface area contributed by atoms with Crippen molar-refractivity contribution in [1.29, 1.82) is 0 Å². The summed E-state index contributed by atoms with van der Waals surface area (Å²) in [6, 6.07) is 0. The first-order chi connectivity index (χ1) is 11.9. The van der Waals surface area contributed by atoms with Crippen molar-refractivity contribution < 1.29 is 14.3 Å². The third-order valence-corrected chi connectivity index (χ3v) is 10.6. The Labute approximate surface area is 159 Å². The van der Waals surface area contributed by atoms with Gasteiger partial charge in [-0.05, 0) is 60.7 Å². The first-order valence-electron chi connectivity index (χ1n) is 10.4. The predicted octanol–water partition coefficient (Wildman–Crippen LogP) is 4.71. The van der Waals surface area contributed by atoms with Gasteiger partial charge in [-0.3, -0.25) is 4.79 Å². The van der Waals surface area contributed by atoms with Gasteiger partial charge in [0.05, 0.1) is 18.0 Å². The average Bonchev–Trinajstić information content (AvgIpc) is 3.21. The molecule has 1 aliphatic heterocycles. The van der Waals surface area contributed by atoms with E-state index in [1.165, 1.54) is 32.1 Å². The van der Waals surface area contributed by atoms with E-state index >= 15 is 0 Å². The number of halogens is 1. The molecule has 1 saturated heterocycles. The van der Waals surface area contributed by atoms with Crippen LogP contribution in [0.1, 0.15) is 65.2 Å². The van der Waals surface area contributed by atoms with E-state index in [9.17, 15) is 4.79 Å². The summed E-state index contributed by atoms with van der Waals surface area (Å²) >= 11 is 3.88. The molecule has 0 radical (unpaired) electrons. The smallest absolute Gasteiger partial charge is 0.168 e. The SMILES string of the molecule is C[C@]12CCC3(C[C@@H]1CC[C@H]1[C@@H]4CCC[C@]4(C)[C@@H](Br)C(=O)[C@@H]12)OCCO3. The van der Waals surface area contributed by atoms with Gasteiger partial charge in [0.2, 0.25) is 0 Å². The molecule has 4 heteroatoms. The van der Waals surface area contributed by atoms with Crippen molar-refractivity contribution in [3.63, 3.8) is 0 Å². The Morgan fingerprint density at radius 3 is 2.52 bits per heavy atom. The van der Waals surface area contributed by atoms with Gasteiger partial charge < -0.3 is 9.47 Å². The summed E-state index contributed by atoms with van der Waals surface area (Å²) in [5.41, 5.74) is 0.325. The van der Waals surface area contributed by atoms with Crippen molar-refractivity contribution in [3.05, 3.63) is 0 Å². The Bertz CT molecular complexity index is 586. The maximum Gasteiger partial charge on any atom is 0.168 e. The lowest BCUT2D eigenvalue weighted by atomic mass is 9.44. The summed E-state index contributed by atoms with van der Waals surface area (Å²) < 4.78 is 12.1. The molecule has 25 heavy (non-hydrogen) atoms. The van der Waals surface area contributed by atoms with Crippen molar-refractivity contribution in [2.24, 2.45) is 34.5 Å². The third-order valence-electron chi connectivity index (χ3n) is 9.07. The lowest BCUT2D eigenvalue weighted by Gasteiger charge is -2.61. The molecule has 0 aromatic carbocycles. The van der Waals surface area contributed by atoms with Crippen molar-refractivity contribution in [1.82, 2.24) is 0 Å². The monoisotopic (exact) mass is 410 g/mol. The number of carbonyl (C=O) groups is 1. The number of rotatable bonds is 0. The molecule has 0 amide bonds. The van der Waals surface area contributed by atoms with Gasteiger partial charge in [0.1, 0.15) is 0 Å². The van der Waals surface area contributed by atoms with Crippen LogP contribution in [0.15, 0.2) is 0 Å². The van der Waals surface area contributed by atoms with Crippen LogP contribution < -0.4 is 0 Å². The van der Waals surface area contributed by atoms with Crippen molar-refractivity contribution in [3.8, 4) is 0 Å². The maximum absolute atomic E-state index is 13.6. The first kappa shape index (κ1) is 17.2. The minimum Gasteiger partial charge on any atom is -0.348 e. The van der Waals surface area contributed by atoms with Crippen LogP contribution in [-0.4, -0.2) is 29.6 Å². The van der Waals surface area contributed by atoms with Gasteiger partial charge >= 0.3 is 0 Å². The van der Waals surface area contributed by atoms with E-state index in [4.69, 9.17) is 9.47 Å². The molecule has 0 aromatic heterocycles. The summed E-state index contributed by atoms with van der Waals surface area (Å²) in [4.78, 5) is 13.6. The molecule has 0 N–H and O–H groups in total. The highest BCUT2D eigenvalue weighted by molar-refractivity contribution is 9.10. The molecule has 140 valence electrons. The van der Waals surface area contributed by atoms with Crippen LogP contribution in [0.5, 0.6) is 0 Å². The van der Waals surface area contributed by atoms with Gasteiger partial charge in [-0.15, -0.1) is 0 Å². The van der Waals surface area contributed by atoms with Crippen molar-refractivity contribution in [2.45, 2.75) is 75.8 Å². The van der Waals surface area contributed by atoms with Crippen LogP contribution in [-0.2, 0) is 14.3 Å². The molecule has 3 nitrogen and oxygen atoms in total. The van der Waals surface area contributed by atoms with Gasteiger partial charge in [-0.2, -0.15) is 0 Å². The highest BCUT2D eigenvalue weighted by Crippen LogP contribution is 2.67. The van der Waals surface area contributed by atoms with E-state index in [0.717, 1.165) is 38.4 Å². The number of ether oxygens (including phenoxy) is 2. The Kier molecular flexibility index (Phi) is 3.81. The second-order valence-corrected chi connectivity index (χ2v) is 10.9. The Morgan fingerprint density at radius 2 is 1.76 bits per heavy atom. The normalized spacial score (nSPS) is 54.2. The number of carbonyl (C=O) groups excluding carboxylic acids is 1. The van der Waals surface area contributed by atoms with E-state index in [0.29, 0.717) is 17.6 Å². The van der Waals surface area contributed by atoms with E-state index in [2.05, 4.69) is 29.8 Å². The van der Waals surface area contributed by atoms with Crippen molar-refractivity contribution >= 4 is 21.7 Å². The van der Waals surface area contributed by atoms with Crippen LogP contribution >= 0.6 is 15.9 Å². The van der Waals surface area contributed by atoms with Crippen LogP contribution in [0.3, 0.4) is 0 Å².